The number of fused-ring (bicyclic) bond motifs is 2. The molecule has 5 heteroatoms. The molecule has 0 spiro atoms. The molecular weight excluding hydrogens is 258 g/mol. The fourth-order valence-electron chi connectivity index (χ4n) is 3.39. The number of methoxy groups -OCH3 is 1. The Morgan fingerprint density at radius 3 is 2.63 bits per heavy atom. The van der Waals surface area contributed by atoms with E-state index in [0.717, 1.165) is 36.8 Å². The SMILES string of the molecule is COCCCNC(=S)NC1CC2CCCC(C1)N2C. The van der Waals surface area contributed by atoms with Gasteiger partial charge in [-0.2, -0.15) is 0 Å². The van der Waals surface area contributed by atoms with Crippen LogP contribution < -0.4 is 10.6 Å². The second-order valence-electron chi connectivity index (χ2n) is 5.82. The molecule has 2 bridgehead atoms. The molecule has 2 unspecified atom stereocenters. The summed E-state index contributed by atoms with van der Waals surface area (Å²) in [5.41, 5.74) is 0. The molecule has 0 saturated carbocycles. The molecule has 2 aliphatic rings. The molecule has 0 radical (unpaired) electrons. The molecule has 2 N–H and O–H groups in total. The highest BCUT2D eigenvalue weighted by molar-refractivity contribution is 7.80. The predicted octanol–water partition coefficient (Wildman–Crippen LogP) is 1.50. The maximum absolute atomic E-state index is 5.37. The van der Waals surface area contributed by atoms with Crippen molar-refractivity contribution in [3.63, 3.8) is 0 Å². The Balaban J connectivity index is 1.70. The number of hydrogen-bond donors (Lipinski definition) is 2. The van der Waals surface area contributed by atoms with Gasteiger partial charge < -0.3 is 20.3 Å². The van der Waals surface area contributed by atoms with Gasteiger partial charge in [-0.1, -0.05) is 6.42 Å². The zero-order valence-electron chi connectivity index (χ0n) is 12.2. The molecular formula is C14H27N3OS. The molecule has 2 fully saturated rings. The number of rotatable bonds is 5. The minimum absolute atomic E-state index is 0.550. The van der Waals surface area contributed by atoms with Crippen molar-refractivity contribution in [2.45, 2.75) is 56.7 Å². The van der Waals surface area contributed by atoms with Crippen LogP contribution in [0.4, 0.5) is 0 Å². The fraction of sp³-hybridized carbons (Fsp3) is 0.929. The molecule has 2 saturated heterocycles. The van der Waals surface area contributed by atoms with Crippen molar-refractivity contribution >= 4 is 17.3 Å². The predicted molar refractivity (Wildman–Crippen MR) is 82.4 cm³/mol. The number of ether oxygens (including phenoxy) is 1. The first-order valence-electron chi connectivity index (χ1n) is 7.46. The normalized spacial score (nSPS) is 30.9. The minimum atomic E-state index is 0.550. The lowest BCUT2D eigenvalue weighted by atomic mass is 9.82. The summed E-state index contributed by atoms with van der Waals surface area (Å²) in [5, 5.41) is 7.58. The van der Waals surface area contributed by atoms with Crippen molar-refractivity contribution < 1.29 is 4.74 Å². The molecule has 2 heterocycles. The van der Waals surface area contributed by atoms with Gasteiger partial charge in [-0.05, 0) is 51.4 Å². The van der Waals surface area contributed by atoms with Gasteiger partial charge in [-0.25, -0.2) is 0 Å². The van der Waals surface area contributed by atoms with Crippen molar-refractivity contribution in [1.29, 1.82) is 0 Å². The van der Waals surface area contributed by atoms with Crippen LogP contribution >= 0.6 is 12.2 Å². The Kier molecular flexibility index (Phi) is 5.85. The second kappa shape index (κ2) is 7.41. The first kappa shape index (κ1) is 15.0. The van der Waals surface area contributed by atoms with E-state index in [2.05, 4.69) is 22.6 Å². The number of thiocarbonyl (C=S) groups is 1. The van der Waals surface area contributed by atoms with Crippen molar-refractivity contribution in [1.82, 2.24) is 15.5 Å². The number of nitrogens with one attached hydrogen (secondary N) is 2. The Bertz CT molecular complexity index is 286. The van der Waals surface area contributed by atoms with Crippen molar-refractivity contribution in [2.24, 2.45) is 0 Å². The topological polar surface area (TPSA) is 36.5 Å². The molecule has 2 aliphatic heterocycles. The lowest BCUT2D eigenvalue weighted by molar-refractivity contribution is 0.0528. The van der Waals surface area contributed by atoms with Crippen LogP contribution in [0.15, 0.2) is 0 Å². The second-order valence-corrected chi connectivity index (χ2v) is 6.23. The van der Waals surface area contributed by atoms with E-state index in [9.17, 15) is 0 Å². The highest BCUT2D eigenvalue weighted by atomic mass is 32.1. The van der Waals surface area contributed by atoms with Gasteiger partial charge in [0, 0.05) is 38.4 Å². The van der Waals surface area contributed by atoms with E-state index in [4.69, 9.17) is 17.0 Å². The smallest absolute Gasteiger partial charge is 0.166 e. The average molecular weight is 285 g/mol. The van der Waals surface area contributed by atoms with E-state index in [1.54, 1.807) is 7.11 Å². The summed E-state index contributed by atoms with van der Waals surface area (Å²) >= 11 is 5.37. The van der Waals surface area contributed by atoms with Crippen molar-refractivity contribution in [3.8, 4) is 0 Å². The Morgan fingerprint density at radius 2 is 2.00 bits per heavy atom. The van der Waals surface area contributed by atoms with E-state index in [-0.39, 0.29) is 0 Å². The van der Waals surface area contributed by atoms with E-state index in [0.29, 0.717) is 6.04 Å². The third kappa shape index (κ3) is 4.29. The monoisotopic (exact) mass is 285 g/mol. The molecule has 0 aliphatic carbocycles. The standard InChI is InChI=1S/C14H27N3OS/c1-17-12-5-3-6-13(17)10-11(9-12)16-14(19)15-7-4-8-18-2/h11-13H,3-10H2,1-2H3,(H2,15,16,19). The quantitative estimate of drug-likeness (QED) is 0.591. The average Bonchev–Trinajstić information content (AvgIpc) is 2.36. The Morgan fingerprint density at radius 1 is 1.32 bits per heavy atom. The molecule has 0 amide bonds. The molecule has 4 nitrogen and oxygen atoms in total. The third-order valence-corrected chi connectivity index (χ3v) is 4.75. The van der Waals surface area contributed by atoms with Crippen LogP contribution in [0.1, 0.15) is 38.5 Å². The molecule has 2 atom stereocenters. The highest BCUT2D eigenvalue weighted by Gasteiger charge is 2.35. The summed E-state index contributed by atoms with van der Waals surface area (Å²) in [7, 11) is 4.01. The van der Waals surface area contributed by atoms with Gasteiger partial charge in [0.15, 0.2) is 5.11 Å². The summed E-state index contributed by atoms with van der Waals surface area (Å²) in [6.07, 6.45) is 7.54. The van der Waals surface area contributed by atoms with E-state index < -0.39 is 0 Å². The van der Waals surface area contributed by atoms with Crippen LogP contribution in [0.5, 0.6) is 0 Å². The molecule has 0 aromatic heterocycles. The number of hydrogen-bond acceptors (Lipinski definition) is 3. The van der Waals surface area contributed by atoms with Gasteiger partial charge in [0.25, 0.3) is 0 Å². The van der Waals surface area contributed by atoms with Crippen LogP contribution in [0, 0.1) is 0 Å². The first-order chi connectivity index (χ1) is 9.20. The van der Waals surface area contributed by atoms with Crippen LogP contribution in [0.25, 0.3) is 0 Å². The lowest BCUT2D eigenvalue weighted by Gasteiger charge is -2.47. The molecule has 0 aromatic rings. The lowest BCUT2D eigenvalue weighted by Crippen LogP contribution is -2.56. The fourth-order valence-corrected chi connectivity index (χ4v) is 3.66. The van der Waals surface area contributed by atoms with E-state index in [1.165, 1.54) is 32.1 Å². The zero-order chi connectivity index (χ0) is 13.7. The van der Waals surface area contributed by atoms with Crippen molar-refractivity contribution in [2.75, 3.05) is 27.3 Å². The number of nitrogens with zero attached hydrogens (tertiary/aromatic N) is 1. The summed E-state index contributed by atoms with van der Waals surface area (Å²) < 4.78 is 5.03. The van der Waals surface area contributed by atoms with Gasteiger partial charge in [-0.15, -0.1) is 0 Å². The Labute approximate surface area is 122 Å². The molecule has 110 valence electrons. The maximum atomic E-state index is 5.37. The van der Waals surface area contributed by atoms with Gasteiger partial charge in [0.1, 0.15) is 0 Å². The highest BCUT2D eigenvalue weighted by Crippen LogP contribution is 2.32. The van der Waals surface area contributed by atoms with Crippen molar-refractivity contribution in [3.05, 3.63) is 0 Å². The molecule has 2 rings (SSSR count). The van der Waals surface area contributed by atoms with Gasteiger partial charge in [-0.3, -0.25) is 0 Å². The first-order valence-corrected chi connectivity index (χ1v) is 7.86. The summed E-state index contributed by atoms with van der Waals surface area (Å²) in [6.45, 7) is 1.67. The van der Waals surface area contributed by atoms with Gasteiger partial charge in [0.05, 0.1) is 0 Å². The summed E-state index contributed by atoms with van der Waals surface area (Å²) in [6, 6.07) is 2.05. The molecule has 19 heavy (non-hydrogen) atoms. The maximum Gasteiger partial charge on any atom is 0.166 e. The van der Waals surface area contributed by atoms with Crippen LogP contribution in [0.3, 0.4) is 0 Å². The zero-order valence-corrected chi connectivity index (χ0v) is 13.0. The van der Waals surface area contributed by atoms with Crippen LogP contribution in [0.2, 0.25) is 0 Å². The minimum Gasteiger partial charge on any atom is -0.385 e. The van der Waals surface area contributed by atoms with Crippen LogP contribution in [-0.2, 0) is 4.74 Å². The summed E-state index contributed by atoms with van der Waals surface area (Å²) in [4.78, 5) is 2.58. The largest absolute Gasteiger partial charge is 0.385 e. The number of piperidine rings is 2. The van der Waals surface area contributed by atoms with E-state index >= 15 is 0 Å². The summed E-state index contributed by atoms with van der Waals surface area (Å²) in [5.74, 6) is 0. The van der Waals surface area contributed by atoms with Crippen LogP contribution in [-0.4, -0.2) is 55.4 Å². The molecule has 0 aromatic carbocycles. The van der Waals surface area contributed by atoms with Gasteiger partial charge in [0.2, 0.25) is 0 Å². The van der Waals surface area contributed by atoms with E-state index in [1.807, 2.05) is 0 Å². The third-order valence-electron chi connectivity index (χ3n) is 4.49. The Hall–Kier alpha value is -0.390. The van der Waals surface area contributed by atoms with Gasteiger partial charge >= 0.3 is 0 Å².